The Kier molecular flexibility index (Phi) is 4.04. The summed E-state index contributed by atoms with van der Waals surface area (Å²) >= 11 is 0. The maximum atomic E-state index is 11.2. The summed E-state index contributed by atoms with van der Waals surface area (Å²) in [6.45, 7) is 4.26. The summed E-state index contributed by atoms with van der Waals surface area (Å²) in [6.07, 6.45) is 3.08. The maximum absolute atomic E-state index is 11.2. The molecule has 18 heavy (non-hydrogen) atoms. The number of aryl methyl sites for hydroxylation is 1. The largest absolute Gasteiger partial charge is 0.361 e. The van der Waals surface area contributed by atoms with Gasteiger partial charge in [0.2, 0.25) is 10.0 Å². The molecular weight excluding hydrogens is 254 g/mol. The van der Waals surface area contributed by atoms with Crippen molar-refractivity contribution in [1.29, 1.82) is 0 Å². The van der Waals surface area contributed by atoms with Gasteiger partial charge in [-0.2, -0.15) is 0 Å². The van der Waals surface area contributed by atoms with Crippen LogP contribution in [0, 0.1) is 6.92 Å². The van der Waals surface area contributed by atoms with Gasteiger partial charge in [0, 0.05) is 25.2 Å². The predicted octanol–water partition coefficient (Wildman–Crippen LogP) is 0.497. The number of nitrogens with one attached hydrogen (secondary N) is 1. The molecule has 6 nitrogen and oxygen atoms in total. The second-order valence-corrected chi connectivity index (χ2v) is 6.67. The minimum absolute atomic E-state index is 0.00162. The molecule has 1 N–H and O–H groups in total. The van der Waals surface area contributed by atoms with Crippen LogP contribution in [0.4, 0.5) is 0 Å². The Balaban J connectivity index is 1.90. The van der Waals surface area contributed by atoms with Crippen LogP contribution in [0.1, 0.15) is 24.3 Å². The number of hydrogen-bond donors (Lipinski definition) is 1. The molecule has 1 unspecified atom stereocenters. The van der Waals surface area contributed by atoms with Crippen molar-refractivity contribution in [1.82, 2.24) is 14.8 Å². The van der Waals surface area contributed by atoms with Crippen LogP contribution in [0.5, 0.6) is 0 Å². The Bertz CT molecular complexity index is 497. The Morgan fingerprint density at radius 3 is 3.00 bits per heavy atom. The van der Waals surface area contributed by atoms with Crippen LogP contribution in [0.2, 0.25) is 0 Å². The van der Waals surface area contributed by atoms with E-state index in [0.717, 1.165) is 37.4 Å². The van der Waals surface area contributed by atoms with E-state index in [1.165, 1.54) is 6.26 Å². The smallest absolute Gasteiger partial charge is 0.208 e. The summed E-state index contributed by atoms with van der Waals surface area (Å²) in [6, 6.07) is 1.91. The van der Waals surface area contributed by atoms with Crippen LogP contribution < -0.4 is 4.72 Å². The molecule has 7 heteroatoms. The van der Waals surface area contributed by atoms with Gasteiger partial charge in [-0.05, 0) is 26.3 Å². The number of hydrogen-bond acceptors (Lipinski definition) is 5. The third-order valence-corrected chi connectivity index (χ3v) is 3.71. The van der Waals surface area contributed by atoms with E-state index in [-0.39, 0.29) is 6.04 Å². The van der Waals surface area contributed by atoms with Crippen LogP contribution in [-0.2, 0) is 16.6 Å². The molecule has 1 atom stereocenters. The van der Waals surface area contributed by atoms with Gasteiger partial charge in [-0.1, -0.05) is 5.16 Å². The number of likely N-dealkylation sites (tertiary alicyclic amines) is 1. The zero-order valence-electron chi connectivity index (χ0n) is 10.7. The standard InChI is InChI=1S/C11H19N3O3S/c1-9-6-11(12-17-9)8-14-5-3-4-10(7-14)13-18(2,15)16/h6,10,13H,3-5,7-8H2,1-2H3. The van der Waals surface area contributed by atoms with Crippen LogP contribution >= 0.6 is 0 Å². The SMILES string of the molecule is Cc1cc(CN2CCCC(NS(C)(=O)=O)C2)no1. The van der Waals surface area contributed by atoms with Crippen molar-refractivity contribution in [2.24, 2.45) is 0 Å². The molecule has 1 saturated heterocycles. The average molecular weight is 273 g/mol. The van der Waals surface area contributed by atoms with Gasteiger partial charge >= 0.3 is 0 Å². The zero-order valence-corrected chi connectivity index (χ0v) is 11.5. The number of aromatic nitrogens is 1. The van der Waals surface area contributed by atoms with Gasteiger partial charge in [-0.15, -0.1) is 0 Å². The molecular formula is C11H19N3O3S. The van der Waals surface area contributed by atoms with E-state index in [0.29, 0.717) is 6.54 Å². The molecule has 1 fully saturated rings. The van der Waals surface area contributed by atoms with Crippen LogP contribution in [0.25, 0.3) is 0 Å². The van der Waals surface area contributed by atoms with Crippen molar-refractivity contribution in [3.8, 4) is 0 Å². The molecule has 1 aliphatic rings. The summed E-state index contributed by atoms with van der Waals surface area (Å²) in [7, 11) is -3.13. The zero-order chi connectivity index (χ0) is 13.2. The molecule has 2 rings (SSSR count). The Morgan fingerprint density at radius 2 is 2.39 bits per heavy atom. The van der Waals surface area contributed by atoms with Gasteiger partial charge in [-0.3, -0.25) is 4.90 Å². The quantitative estimate of drug-likeness (QED) is 0.864. The molecule has 1 aliphatic heterocycles. The fourth-order valence-electron chi connectivity index (χ4n) is 2.32. The van der Waals surface area contributed by atoms with Crippen molar-refractivity contribution in [2.75, 3.05) is 19.3 Å². The highest BCUT2D eigenvalue weighted by molar-refractivity contribution is 7.88. The van der Waals surface area contributed by atoms with E-state index in [4.69, 9.17) is 4.52 Å². The Labute approximate surface area is 107 Å². The fourth-order valence-corrected chi connectivity index (χ4v) is 3.12. The highest BCUT2D eigenvalue weighted by Gasteiger charge is 2.22. The number of nitrogens with zero attached hydrogens (tertiary/aromatic N) is 2. The van der Waals surface area contributed by atoms with Gasteiger partial charge in [0.15, 0.2) is 0 Å². The van der Waals surface area contributed by atoms with Crippen LogP contribution in [0.15, 0.2) is 10.6 Å². The number of sulfonamides is 1. The molecule has 0 spiro atoms. The lowest BCUT2D eigenvalue weighted by Gasteiger charge is -2.32. The van der Waals surface area contributed by atoms with Gasteiger partial charge < -0.3 is 4.52 Å². The van der Waals surface area contributed by atoms with Gasteiger partial charge in [-0.25, -0.2) is 13.1 Å². The number of rotatable bonds is 4. The minimum atomic E-state index is -3.13. The molecule has 2 heterocycles. The molecule has 0 aromatic carbocycles. The first-order valence-corrected chi connectivity index (χ1v) is 7.93. The van der Waals surface area contributed by atoms with E-state index >= 15 is 0 Å². The molecule has 0 radical (unpaired) electrons. The normalized spacial score (nSPS) is 22.2. The molecule has 0 aliphatic carbocycles. The maximum Gasteiger partial charge on any atom is 0.208 e. The first-order valence-electron chi connectivity index (χ1n) is 6.04. The lowest BCUT2D eigenvalue weighted by Crippen LogP contribution is -2.47. The second kappa shape index (κ2) is 5.38. The minimum Gasteiger partial charge on any atom is -0.361 e. The lowest BCUT2D eigenvalue weighted by atomic mass is 10.1. The summed E-state index contributed by atoms with van der Waals surface area (Å²) in [5.41, 5.74) is 0.896. The van der Waals surface area contributed by atoms with Crippen LogP contribution in [0.3, 0.4) is 0 Å². The van der Waals surface area contributed by atoms with Crippen molar-refractivity contribution in [3.05, 3.63) is 17.5 Å². The highest BCUT2D eigenvalue weighted by atomic mass is 32.2. The third-order valence-electron chi connectivity index (χ3n) is 2.95. The van der Waals surface area contributed by atoms with E-state index in [1.807, 2.05) is 13.0 Å². The Morgan fingerprint density at radius 1 is 1.61 bits per heavy atom. The Hall–Kier alpha value is -0.920. The molecule has 0 amide bonds. The van der Waals surface area contributed by atoms with E-state index in [9.17, 15) is 8.42 Å². The molecule has 1 aromatic heterocycles. The lowest BCUT2D eigenvalue weighted by molar-refractivity contribution is 0.190. The number of piperidine rings is 1. The van der Waals surface area contributed by atoms with Crippen molar-refractivity contribution >= 4 is 10.0 Å². The van der Waals surface area contributed by atoms with Crippen molar-refractivity contribution in [2.45, 2.75) is 32.4 Å². The molecule has 1 aromatic rings. The summed E-state index contributed by atoms with van der Waals surface area (Å²) < 4.78 is 30.1. The monoisotopic (exact) mass is 273 g/mol. The first-order chi connectivity index (χ1) is 8.42. The van der Waals surface area contributed by atoms with E-state index in [2.05, 4.69) is 14.8 Å². The van der Waals surface area contributed by atoms with Crippen molar-refractivity contribution in [3.63, 3.8) is 0 Å². The fraction of sp³-hybridized carbons (Fsp3) is 0.727. The molecule has 0 bridgehead atoms. The van der Waals surface area contributed by atoms with Crippen molar-refractivity contribution < 1.29 is 12.9 Å². The summed E-state index contributed by atoms with van der Waals surface area (Å²) in [4.78, 5) is 2.20. The summed E-state index contributed by atoms with van der Waals surface area (Å²) in [5.74, 6) is 0.799. The first kappa shape index (κ1) is 13.5. The average Bonchev–Trinajstić information content (AvgIpc) is 2.62. The summed E-state index contributed by atoms with van der Waals surface area (Å²) in [5, 5.41) is 3.95. The highest BCUT2D eigenvalue weighted by Crippen LogP contribution is 2.14. The van der Waals surface area contributed by atoms with Crippen LogP contribution in [-0.4, -0.2) is 43.9 Å². The third kappa shape index (κ3) is 4.08. The predicted molar refractivity (Wildman–Crippen MR) is 67.5 cm³/mol. The second-order valence-electron chi connectivity index (χ2n) is 4.89. The molecule has 0 saturated carbocycles. The van der Waals surface area contributed by atoms with E-state index < -0.39 is 10.0 Å². The van der Waals surface area contributed by atoms with E-state index in [1.54, 1.807) is 0 Å². The topological polar surface area (TPSA) is 75.4 Å². The van der Waals surface area contributed by atoms with Gasteiger partial charge in [0.05, 0.1) is 11.9 Å². The van der Waals surface area contributed by atoms with Gasteiger partial charge in [0.1, 0.15) is 5.76 Å². The molecule has 102 valence electrons. The van der Waals surface area contributed by atoms with Gasteiger partial charge in [0.25, 0.3) is 0 Å².